The summed E-state index contributed by atoms with van der Waals surface area (Å²) in [6.07, 6.45) is 0.758. The molecule has 1 saturated heterocycles. The zero-order valence-electron chi connectivity index (χ0n) is 14.6. The molecule has 0 aliphatic carbocycles. The molecule has 0 spiro atoms. The number of hydrogen-bond acceptors (Lipinski definition) is 4. The van der Waals surface area contributed by atoms with Gasteiger partial charge in [-0.1, -0.05) is 30.7 Å². The monoisotopic (exact) mass is 328 g/mol. The van der Waals surface area contributed by atoms with E-state index in [9.17, 15) is 9.59 Å². The van der Waals surface area contributed by atoms with Gasteiger partial charge in [0.1, 0.15) is 5.70 Å². The first kappa shape index (κ1) is 16.7. The largest absolute Gasteiger partial charge is 0.378 e. The summed E-state index contributed by atoms with van der Waals surface area (Å²) in [4.78, 5) is 29.3. The van der Waals surface area contributed by atoms with Crippen molar-refractivity contribution in [2.45, 2.75) is 27.2 Å². The third kappa shape index (κ3) is 2.84. The maximum absolute atomic E-state index is 13.0. The molecule has 1 aromatic carbocycles. The average Bonchev–Trinajstić information content (AvgIpc) is 2.81. The highest BCUT2D eigenvalue weighted by atomic mass is 16.5. The van der Waals surface area contributed by atoms with Crippen LogP contribution in [0.4, 0.5) is 0 Å². The van der Waals surface area contributed by atoms with E-state index in [1.165, 1.54) is 4.90 Å². The van der Waals surface area contributed by atoms with E-state index in [1.807, 2.05) is 37.8 Å². The SMILES string of the molecule is CCCN1C(=O)C(c2ccc(C)cc2C)=C(N2CCOCC2)C1=O. The Morgan fingerprint density at radius 2 is 1.79 bits per heavy atom. The van der Waals surface area contributed by atoms with Crippen LogP contribution < -0.4 is 0 Å². The highest BCUT2D eigenvalue weighted by Gasteiger charge is 2.41. The Hall–Kier alpha value is -2.14. The topological polar surface area (TPSA) is 49.9 Å². The quantitative estimate of drug-likeness (QED) is 0.795. The molecule has 3 rings (SSSR count). The first-order valence-electron chi connectivity index (χ1n) is 8.55. The number of rotatable bonds is 4. The number of hydrogen-bond donors (Lipinski definition) is 0. The van der Waals surface area contributed by atoms with E-state index < -0.39 is 0 Å². The van der Waals surface area contributed by atoms with Gasteiger partial charge in [-0.3, -0.25) is 14.5 Å². The van der Waals surface area contributed by atoms with E-state index in [0.717, 1.165) is 23.1 Å². The van der Waals surface area contributed by atoms with Crippen LogP contribution in [-0.4, -0.2) is 54.5 Å². The van der Waals surface area contributed by atoms with Gasteiger partial charge in [0, 0.05) is 19.6 Å². The van der Waals surface area contributed by atoms with Crippen molar-refractivity contribution in [3.05, 3.63) is 40.6 Å². The highest BCUT2D eigenvalue weighted by Crippen LogP contribution is 2.33. The second-order valence-electron chi connectivity index (χ2n) is 6.40. The molecule has 0 N–H and O–H groups in total. The molecule has 2 amide bonds. The number of carbonyl (C=O) groups excluding carboxylic acids is 2. The van der Waals surface area contributed by atoms with E-state index in [2.05, 4.69) is 6.07 Å². The van der Waals surface area contributed by atoms with Gasteiger partial charge in [0.25, 0.3) is 11.8 Å². The molecular formula is C19H24N2O3. The Morgan fingerprint density at radius 3 is 2.42 bits per heavy atom. The molecule has 2 aliphatic heterocycles. The molecule has 5 nitrogen and oxygen atoms in total. The lowest BCUT2D eigenvalue weighted by Gasteiger charge is -2.29. The molecule has 0 unspecified atom stereocenters. The predicted molar refractivity (Wildman–Crippen MR) is 92.2 cm³/mol. The van der Waals surface area contributed by atoms with Gasteiger partial charge in [0.2, 0.25) is 0 Å². The third-order valence-corrected chi connectivity index (χ3v) is 4.57. The smallest absolute Gasteiger partial charge is 0.277 e. The maximum atomic E-state index is 13.0. The summed E-state index contributed by atoms with van der Waals surface area (Å²) in [5.41, 5.74) is 4.12. The van der Waals surface area contributed by atoms with Crippen molar-refractivity contribution in [2.24, 2.45) is 0 Å². The van der Waals surface area contributed by atoms with Gasteiger partial charge in [-0.05, 0) is 31.4 Å². The van der Waals surface area contributed by atoms with Crippen LogP contribution >= 0.6 is 0 Å². The molecule has 1 aromatic rings. The number of carbonyl (C=O) groups is 2. The second kappa shape index (κ2) is 6.77. The normalized spacial score (nSPS) is 18.8. The van der Waals surface area contributed by atoms with Crippen molar-refractivity contribution in [2.75, 3.05) is 32.8 Å². The van der Waals surface area contributed by atoms with Crippen LogP contribution in [0, 0.1) is 13.8 Å². The second-order valence-corrected chi connectivity index (χ2v) is 6.40. The molecule has 0 bridgehead atoms. The summed E-state index contributed by atoms with van der Waals surface area (Å²) >= 11 is 0. The molecule has 2 aliphatic rings. The number of imide groups is 1. The van der Waals surface area contributed by atoms with Gasteiger partial charge in [-0.15, -0.1) is 0 Å². The lowest BCUT2D eigenvalue weighted by molar-refractivity contribution is -0.137. The van der Waals surface area contributed by atoms with Crippen molar-refractivity contribution < 1.29 is 14.3 Å². The van der Waals surface area contributed by atoms with Gasteiger partial charge < -0.3 is 9.64 Å². The molecule has 24 heavy (non-hydrogen) atoms. The summed E-state index contributed by atoms with van der Waals surface area (Å²) < 4.78 is 5.40. The van der Waals surface area contributed by atoms with Crippen molar-refractivity contribution in [1.82, 2.24) is 9.80 Å². The van der Waals surface area contributed by atoms with Crippen LogP contribution in [-0.2, 0) is 14.3 Å². The summed E-state index contributed by atoms with van der Waals surface area (Å²) in [6.45, 7) is 8.90. The number of aryl methyl sites for hydroxylation is 2. The minimum Gasteiger partial charge on any atom is -0.378 e. The molecule has 1 fully saturated rings. The number of nitrogens with zero attached hydrogens (tertiary/aromatic N) is 2. The fraction of sp³-hybridized carbons (Fsp3) is 0.474. The number of benzene rings is 1. The Morgan fingerprint density at radius 1 is 1.08 bits per heavy atom. The Balaban J connectivity index is 2.11. The van der Waals surface area contributed by atoms with Crippen LogP contribution in [0.2, 0.25) is 0 Å². The van der Waals surface area contributed by atoms with Crippen LogP contribution in [0.5, 0.6) is 0 Å². The lowest BCUT2D eigenvalue weighted by atomic mass is 9.97. The van der Waals surface area contributed by atoms with E-state index >= 15 is 0 Å². The summed E-state index contributed by atoms with van der Waals surface area (Å²) in [7, 11) is 0. The summed E-state index contributed by atoms with van der Waals surface area (Å²) in [5.74, 6) is -0.339. The fourth-order valence-corrected chi connectivity index (χ4v) is 3.41. The highest BCUT2D eigenvalue weighted by molar-refractivity contribution is 6.35. The van der Waals surface area contributed by atoms with Crippen molar-refractivity contribution in [3.63, 3.8) is 0 Å². The molecule has 0 saturated carbocycles. The molecule has 0 radical (unpaired) electrons. The Labute approximate surface area is 142 Å². The Bertz CT molecular complexity index is 703. The van der Waals surface area contributed by atoms with E-state index in [4.69, 9.17) is 4.74 Å². The van der Waals surface area contributed by atoms with Crippen LogP contribution in [0.3, 0.4) is 0 Å². The minimum atomic E-state index is -0.171. The van der Waals surface area contributed by atoms with Gasteiger partial charge in [0.15, 0.2) is 0 Å². The lowest BCUT2D eigenvalue weighted by Crippen LogP contribution is -2.40. The summed E-state index contributed by atoms with van der Waals surface area (Å²) in [5, 5.41) is 0. The number of amides is 2. The summed E-state index contributed by atoms with van der Waals surface area (Å²) in [6, 6.07) is 6.01. The molecule has 5 heteroatoms. The van der Waals surface area contributed by atoms with E-state index in [1.54, 1.807) is 0 Å². The zero-order chi connectivity index (χ0) is 17.3. The van der Waals surface area contributed by atoms with Crippen molar-refractivity contribution in [1.29, 1.82) is 0 Å². The first-order valence-corrected chi connectivity index (χ1v) is 8.55. The van der Waals surface area contributed by atoms with Gasteiger partial charge in [-0.25, -0.2) is 0 Å². The van der Waals surface area contributed by atoms with Crippen molar-refractivity contribution >= 4 is 17.4 Å². The fourth-order valence-electron chi connectivity index (χ4n) is 3.41. The average molecular weight is 328 g/mol. The van der Waals surface area contributed by atoms with Crippen LogP contribution in [0.1, 0.15) is 30.0 Å². The Kier molecular flexibility index (Phi) is 4.71. The molecule has 128 valence electrons. The van der Waals surface area contributed by atoms with Crippen LogP contribution in [0.15, 0.2) is 23.9 Å². The van der Waals surface area contributed by atoms with Gasteiger partial charge in [-0.2, -0.15) is 0 Å². The molecule has 0 aromatic heterocycles. The van der Waals surface area contributed by atoms with Crippen LogP contribution in [0.25, 0.3) is 5.57 Å². The van der Waals surface area contributed by atoms with E-state index in [0.29, 0.717) is 44.1 Å². The molecule has 2 heterocycles. The predicted octanol–water partition coefficient (Wildman–Crippen LogP) is 2.13. The minimum absolute atomic E-state index is 0.168. The molecule has 0 atom stereocenters. The third-order valence-electron chi connectivity index (χ3n) is 4.57. The number of morpholine rings is 1. The number of ether oxygens (including phenoxy) is 1. The standard InChI is InChI=1S/C19H24N2O3/c1-4-7-21-18(22)16(15-6-5-13(2)12-14(15)3)17(19(21)23)20-8-10-24-11-9-20/h5-6,12H,4,7-11H2,1-3H3. The van der Waals surface area contributed by atoms with Gasteiger partial charge in [0.05, 0.1) is 18.8 Å². The first-order chi connectivity index (χ1) is 11.5. The molecular weight excluding hydrogens is 304 g/mol. The zero-order valence-corrected chi connectivity index (χ0v) is 14.6. The van der Waals surface area contributed by atoms with Crippen molar-refractivity contribution in [3.8, 4) is 0 Å². The van der Waals surface area contributed by atoms with Gasteiger partial charge >= 0.3 is 0 Å². The van der Waals surface area contributed by atoms with E-state index in [-0.39, 0.29) is 11.8 Å². The maximum Gasteiger partial charge on any atom is 0.277 e.